The Bertz CT molecular complexity index is 2200. The molecule has 0 bridgehead atoms. The number of fused-ring (bicyclic) bond motifs is 3. The molecule has 5 heteroatoms. The summed E-state index contributed by atoms with van der Waals surface area (Å²) in [5.74, 6) is 1.70. The Labute approximate surface area is 319 Å². The number of hydrogen-bond donors (Lipinski definition) is 0. The third-order valence-corrected chi connectivity index (χ3v) is 11.6. The van der Waals surface area contributed by atoms with E-state index in [9.17, 15) is 0 Å². The van der Waals surface area contributed by atoms with E-state index in [4.69, 9.17) is 4.42 Å². The number of benzene rings is 4. The molecule has 0 aliphatic carbocycles. The molecule has 0 fully saturated rings. The largest absolute Gasteiger partial charge is 0.500 e. The summed E-state index contributed by atoms with van der Waals surface area (Å²) in [4.78, 5) is 9.35. The van der Waals surface area contributed by atoms with Crippen LogP contribution in [0.2, 0.25) is 19.6 Å². The summed E-state index contributed by atoms with van der Waals surface area (Å²) in [6.07, 6.45) is 5.14. The monoisotopic (exact) mass is 865 g/mol. The first-order chi connectivity index (χ1) is 24.0. The number of aromatic nitrogens is 2. The fraction of sp³-hybridized carbons (Fsp3) is 0.261. The van der Waals surface area contributed by atoms with Gasteiger partial charge in [-0.2, -0.15) is 0 Å². The minimum Gasteiger partial charge on any atom is -0.500 e. The Kier molecular flexibility index (Phi) is 12.3. The van der Waals surface area contributed by atoms with Crippen LogP contribution in [-0.4, -0.2) is 18.0 Å². The number of furan rings is 1. The van der Waals surface area contributed by atoms with Gasteiger partial charge in [0.05, 0.1) is 13.7 Å². The van der Waals surface area contributed by atoms with Gasteiger partial charge in [0.2, 0.25) is 0 Å². The molecule has 0 amide bonds. The van der Waals surface area contributed by atoms with E-state index in [2.05, 4.69) is 155 Å². The first-order valence-corrected chi connectivity index (χ1v) is 21.4. The molecule has 0 spiro atoms. The Balaban J connectivity index is 0.000000211. The summed E-state index contributed by atoms with van der Waals surface area (Å²) in [5.41, 5.74) is 10.7. The molecule has 0 aliphatic rings. The van der Waals surface area contributed by atoms with Crippen molar-refractivity contribution < 1.29 is 24.5 Å². The smallest absolute Gasteiger partial charge is 0.128 e. The average Bonchev–Trinajstić information content (AvgIpc) is 3.51. The van der Waals surface area contributed by atoms with Crippen LogP contribution < -0.4 is 5.19 Å². The van der Waals surface area contributed by atoms with Crippen molar-refractivity contribution >= 4 is 35.2 Å². The van der Waals surface area contributed by atoms with Crippen LogP contribution in [0.5, 0.6) is 0 Å². The maximum Gasteiger partial charge on any atom is 0.128 e. The molecular weight excluding hydrogens is 817 g/mol. The Morgan fingerprint density at radius 2 is 1.45 bits per heavy atom. The molecule has 0 aliphatic heterocycles. The second kappa shape index (κ2) is 16.5. The van der Waals surface area contributed by atoms with Gasteiger partial charge in [0.25, 0.3) is 0 Å². The Morgan fingerprint density at radius 1 is 0.706 bits per heavy atom. The van der Waals surface area contributed by atoms with E-state index in [1.54, 1.807) is 0 Å². The van der Waals surface area contributed by atoms with E-state index < -0.39 is 8.07 Å². The molecular formula is C46H48IrN2OSi-2. The van der Waals surface area contributed by atoms with Gasteiger partial charge in [-0.1, -0.05) is 137 Å². The second-order valence-corrected chi connectivity index (χ2v) is 20.1. The number of hydrogen-bond acceptors (Lipinski definition) is 3. The number of rotatable bonds is 8. The molecule has 3 nitrogen and oxygen atoms in total. The zero-order valence-corrected chi connectivity index (χ0v) is 34.4. The zero-order valence-electron chi connectivity index (χ0n) is 31.0. The van der Waals surface area contributed by atoms with Gasteiger partial charge in [-0.15, -0.1) is 54.1 Å². The second-order valence-electron chi connectivity index (χ2n) is 15.1. The summed E-state index contributed by atoms with van der Waals surface area (Å²) < 4.78 is 6.50. The molecule has 0 saturated carbocycles. The topological polar surface area (TPSA) is 38.9 Å². The van der Waals surface area contributed by atoms with Gasteiger partial charge in [0.1, 0.15) is 5.58 Å². The summed E-state index contributed by atoms with van der Waals surface area (Å²) in [7, 11) is -1.34. The van der Waals surface area contributed by atoms with Gasteiger partial charge in [0, 0.05) is 43.4 Å². The van der Waals surface area contributed by atoms with Crippen LogP contribution in [0.3, 0.4) is 0 Å². The van der Waals surface area contributed by atoms with Crippen molar-refractivity contribution in [3.05, 3.63) is 139 Å². The van der Waals surface area contributed by atoms with Crippen molar-refractivity contribution in [2.45, 2.75) is 66.6 Å². The quantitative estimate of drug-likeness (QED) is 0.113. The van der Waals surface area contributed by atoms with Gasteiger partial charge < -0.3 is 14.4 Å². The van der Waals surface area contributed by atoms with Crippen LogP contribution in [0.1, 0.15) is 51.7 Å². The minimum absolute atomic E-state index is 0. The standard InChI is InChI=1S/C28H24NO.C18H24NSi.Ir/c1-18(2)19(3)21-15-16-29-26(17-21)25-14-8-13-24-23-12-7-11-22(27(23)30-28(24)25)20-9-5-4-6-10-20;1-14(2)11-16-12-17(15-9-7-6-8-10-15)19-13-18(16)20(3,4)5;/h4-13,15-19H,1-3H3;6-9,12-14H,11H2,1-5H3;/q2*-1;. The third kappa shape index (κ3) is 8.67. The summed E-state index contributed by atoms with van der Waals surface area (Å²) in [5, 5.41) is 3.71. The maximum atomic E-state index is 6.50. The third-order valence-electron chi connectivity index (χ3n) is 9.52. The molecule has 263 valence electrons. The molecule has 1 radical (unpaired) electrons. The average molecular weight is 865 g/mol. The number of pyridine rings is 2. The van der Waals surface area contributed by atoms with E-state index in [0.29, 0.717) is 17.8 Å². The first kappa shape index (κ1) is 38.1. The molecule has 4 aromatic carbocycles. The molecule has 1 atom stereocenters. The molecule has 3 heterocycles. The normalized spacial score (nSPS) is 12.1. The Morgan fingerprint density at radius 3 is 2.14 bits per heavy atom. The van der Waals surface area contributed by atoms with Crippen LogP contribution in [0.15, 0.2) is 120 Å². The van der Waals surface area contributed by atoms with Crippen LogP contribution in [0.4, 0.5) is 0 Å². The fourth-order valence-corrected chi connectivity index (χ4v) is 8.12. The minimum atomic E-state index is -1.34. The Hall–Kier alpha value is -4.15. The van der Waals surface area contributed by atoms with Crippen LogP contribution in [0, 0.1) is 24.0 Å². The molecule has 1 unspecified atom stereocenters. The maximum absolute atomic E-state index is 6.50. The summed E-state index contributed by atoms with van der Waals surface area (Å²) in [6.45, 7) is 18.5. The van der Waals surface area contributed by atoms with Crippen molar-refractivity contribution in [1.29, 1.82) is 0 Å². The van der Waals surface area contributed by atoms with Crippen molar-refractivity contribution in [2.24, 2.45) is 11.8 Å². The van der Waals surface area contributed by atoms with Crippen LogP contribution in [-0.2, 0) is 26.5 Å². The molecule has 51 heavy (non-hydrogen) atoms. The zero-order chi connectivity index (χ0) is 35.4. The number of para-hydroxylation sites is 1. The van der Waals surface area contributed by atoms with Gasteiger partial charge in [-0.05, 0) is 52.4 Å². The van der Waals surface area contributed by atoms with E-state index in [-0.39, 0.29) is 20.1 Å². The van der Waals surface area contributed by atoms with Gasteiger partial charge >= 0.3 is 0 Å². The van der Waals surface area contributed by atoms with Crippen LogP contribution in [0.25, 0.3) is 55.6 Å². The van der Waals surface area contributed by atoms with Crippen molar-refractivity contribution in [3.8, 4) is 33.6 Å². The SMILES string of the molecule is CC(C)C(C)c1ccnc(-c2[c-]ccc3c2oc2c(-c4ccccc4)cccc23)c1.CC(C)Cc1cc(-c2[c-]cccc2)ncc1[Si](C)(C)C.[Ir]. The van der Waals surface area contributed by atoms with Gasteiger partial charge in [-0.3, -0.25) is 0 Å². The van der Waals surface area contributed by atoms with Crippen molar-refractivity contribution in [1.82, 2.24) is 9.97 Å². The van der Waals surface area contributed by atoms with Crippen molar-refractivity contribution in [3.63, 3.8) is 0 Å². The van der Waals surface area contributed by atoms with E-state index >= 15 is 0 Å². The summed E-state index contributed by atoms with van der Waals surface area (Å²) in [6, 6.07) is 42.1. The van der Waals surface area contributed by atoms with Gasteiger partial charge in [0.15, 0.2) is 0 Å². The molecule has 3 aromatic heterocycles. The molecule has 0 N–H and O–H groups in total. The summed E-state index contributed by atoms with van der Waals surface area (Å²) >= 11 is 0. The predicted molar refractivity (Wildman–Crippen MR) is 215 cm³/mol. The predicted octanol–water partition coefficient (Wildman–Crippen LogP) is 12.2. The van der Waals surface area contributed by atoms with Crippen molar-refractivity contribution in [2.75, 3.05) is 0 Å². The van der Waals surface area contributed by atoms with E-state index in [1.165, 1.54) is 16.3 Å². The fourth-order valence-electron chi connectivity index (χ4n) is 6.53. The first-order valence-electron chi connectivity index (χ1n) is 17.9. The van der Waals surface area contributed by atoms with Crippen LogP contribution >= 0.6 is 0 Å². The van der Waals surface area contributed by atoms with Gasteiger partial charge in [-0.25, -0.2) is 0 Å². The molecule has 7 aromatic rings. The van der Waals surface area contributed by atoms with E-state index in [1.807, 2.05) is 36.5 Å². The van der Waals surface area contributed by atoms with E-state index in [0.717, 1.165) is 62.0 Å². The molecule has 7 rings (SSSR count). The number of nitrogens with zero attached hydrogens (tertiary/aromatic N) is 2. The molecule has 0 saturated heterocycles.